The number of ether oxygens (including phenoxy) is 1. The van der Waals surface area contributed by atoms with Gasteiger partial charge in [-0.15, -0.1) is 5.10 Å². The van der Waals surface area contributed by atoms with Crippen molar-refractivity contribution in [2.45, 2.75) is 6.54 Å². The summed E-state index contributed by atoms with van der Waals surface area (Å²) in [5.74, 6) is -0.463. The molecule has 1 heterocycles. The van der Waals surface area contributed by atoms with E-state index in [2.05, 4.69) is 30.7 Å². The number of nitrogens with zero attached hydrogens (tertiary/aromatic N) is 3. The second-order valence-corrected chi connectivity index (χ2v) is 4.20. The Labute approximate surface area is 107 Å². The summed E-state index contributed by atoms with van der Waals surface area (Å²) in [5.41, 5.74) is 1.06. The predicted octanol–water partition coefficient (Wildman–Crippen LogP) is 1.88. The summed E-state index contributed by atoms with van der Waals surface area (Å²) in [7, 11) is 1.30. The summed E-state index contributed by atoms with van der Waals surface area (Å²) in [4.78, 5) is 15.1. The fourth-order valence-corrected chi connectivity index (χ4v) is 1.77. The second kappa shape index (κ2) is 5.09. The van der Waals surface area contributed by atoms with Crippen LogP contribution in [0.3, 0.4) is 0 Å². The summed E-state index contributed by atoms with van der Waals surface area (Å²) >= 11 is 3.45. The van der Waals surface area contributed by atoms with Gasteiger partial charge in [-0.1, -0.05) is 34.1 Å². The van der Waals surface area contributed by atoms with Gasteiger partial charge in [0.2, 0.25) is 0 Å². The molecule has 0 aliphatic carbocycles. The minimum absolute atomic E-state index is 0.0690. The smallest absolute Gasteiger partial charge is 0.377 e. The van der Waals surface area contributed by atoms with Crippen LogP contribution in [0.15, 0.2) is 35.1 Å². The quantitative estimate of drug-likeness (QED) is 0.811. The molecule has 0 aliphatic heterocycles. The predicted molar refractivity (Wildman–Crippen MR) is 64.6 cm³/mol. The van der Waals surface area contributed by atoms with E-state index in [4.69, 9.17) is 0 Å². The van der Waals surface area contributed by atoms with E-state index in [1.165, 1.54) is 13.4 Å². The van der Waals surface area contributed by atoms with Gasteiger partial charge in [0.15, 0.2) is 0 Å². The normalized spacial score (nSPS) is 10.2. The number of halogens is 1. The van der Waals surface area contributed by atoms with Crippen molar-refractivity contribution in [2.75, 3.05) is 7.11 Å². The van der Waals surface area contributed by atoms with Crippen LogP contribution in [-0.4, -0.2) is 27.8 Å². The highest BCUT2D eigenvalue weighted by Gasteiger charge is 2.11. The molecule has 5 nitrogen and oxygen atoms in total. The maximum absolute atomic E-state index is 11.2. The van der Waals surface area contributed by atoms with Crippen LogP contribution in [0.5, 0.6) is 0 Å². The van der Waals surface area contributed by atoms with Crippen LogP contribution in [0, 0.1) is 0 Å². The summed E-state index contributed by atoms with van der Waals surface area (Å²) in [6.45, 7) is 0.547. The van der Waals surface area contributed by atoms with E-state index in [0.717, 1.165) is 10.0 Å². The molecule has 17 heavy (non-hydrogen) atoms. The van der Waals surface area contributed by atoms with Gasteiger partial charge in [-0.25, -0.2) is 14.5 Å². The molecule has 0 atom stereocenters. The summed E-state index contributed by atoms with van der Waals surface area (Å²) in [6.07, 6.45) is 1.51. The van der Waals surface area contributed by atoms with Gasteiger partial charge in [0.25, 0.3) is 5.82 Å². The van der Waals surface area contributed by atoms with Crippen molar-refractivity contribution in [2.24, 2.45) is 0 Å². The Morgan fingerprint density at radius 2 is 2.24 bits per heavy atom. The highest BCUT2D eigenvalue weighted by atomic mass is 79.9. The standard InChI is InChI=1S/C11H10BrN3O2/c1-17-11(16)10-13-7-15(14-10)6-8-4-2-3-5-9(8)12/h2-5,7H,6H2,1H3. The molecule has 0 radical (unpaired) electrons. The summed E-state index contributed by atoms with van der Waals surface area (Å²) in [5, 5.41) is 4.03. The number of carbonyl (C=O) groups excluding carboxylic acids is 1. The zero-order valence-electron chi connectivity index (χ0n) is 9.13. The van der Waals surface area contributed by atoms with E-state index in [9.17, 15) is 4.79 Å². The first-order valence-electron chi connectivity index (χ1n) is 4.92. The highest BCUT2D eigenvalue weighted by Crippen LogP contribution is 2.16. The lowest BCUT2D eigenvalue weighted by Crippen LogP contribution is -2.06. The number of carbonyl (C=O) groups is 1. The number of aromatic nitrogens is 3. The van der Waals surface area contributed by atoms with Crippen LogP contribution in [0.1, 0.15) is 16.2 Å². The molecule has 2 rings (SSSR count). The molecule has 0 aliphatic rings. The minimum Gasteiger partial charge on any atom is -0.463 e. The molecule has 0 bridgehead atoms. The molecular formula is C11H10BrN3O2. The Morgan fingerprint density at radius 3 is 2.94 bits per heavy atom. The molecule has 0 spiro atoms. The molecule has 0 N–H and O–H groups in total. The van der Waals surface area contributed by atoms with Crippen molar-refractivity contribution in [3.05, 3.63) is 46.5 Å². The fourth-order valence-electron chi connectivity index (χ4n) is 1.36. The summed E-state index contributed by atoms with van der Waals surface area (Å²) in [6, 6.07) is 7.81. The van der Waals surface area contributed by atoms with Crippen LogP contribution in [-0.2, 0) is 11.3 Å². The maximum atomic E-state index is 11.2. The van der Waals surface area contributed by atoms with Crippen molar-refractivity contribution >= 4 is 21.9 Å². The lowest BCUT2D eigenvalue weighted by Gasteiger charge is -2.03. The molecule has 0 amide bonds. The number of hydrogen-bond acceptors (Lipinski definition) is 4. The molecule has 1 aromatic heterocycles. The molecule has 1 aromatic carbocycles. The van der Waals surface area contributed by atoms with Crippen molar-refractivity contribution < 1.29 is 9.53 Å². The molecule has 0 saturated heterocycles. The van der Waals surface area contributed by atoms with Crippen molar-refractivity contribution in [1.82, 2.24) is 14.8 Å². The molecule has 6 heteroatoms. The van der Waals surface area contributed by atoms with E-state index >= 15 is 0 Å². The van der Waals surface area contributed by atoms with Gasteiger partial charge in [0.1, 0.15) is 6.33 Å². The molecule has 0 unspecified atom stereocenters. The average Bonchev–Trinajstić information content (AvgIpc) is 2.80. The summed E-state index contributed by atoms with van der Waals surface area (Å²) < 4.78 is 7.12. The monoisotopic (exact) mass is 295 g/mol. The van der Waals surface area contributed by atoms with Gasteiger partial charge in [-0.2, -0.15) is 0 Å². The third kappa shape index (κ3) is 2.71. The van der Waals surface area contributed by atoms with Gasteiger partial charge < -0.3 is 4.74 Å². The fraction of sp³-hybridized carbons (Fsp3) is 0.182. The average molecular weight is 296 g/mol. The molecule has 0 fully saturated rings. The third-order valence-corrected chi connectivity index (χ3v) is 2.97. The van der Waals surface area contributed by atoms with Gasteiger partial charge in [-0.05, 0) is 11.6 Å². The number of esters is 1. The van der Waals surface area contributed by atoms with Crippen molar-refractivity contribution in [3.63, 3.8) is 0 Å². The minimum atomic E-state index is -0.532. The van der Waals surface area contributed by atoms with Gasteiger partial charge in [0, 0.05) is 4.47 Å². The largest absolute Gasteiger partial charge is 0.463 e. The Bertz CT molecular complexity index is 539. The number of rotatable bonds is 3. The zero-order chi connectivity index (χ0) is 12.3. The molecule has 2 aromatic rings. The van der Waals surface area contributed by atoms with Crippen LogP contribution in [0.4, 0.5) is 0 Å². The van der Waals surface area contributed by atoms with Crippen molar-refractivity contribution in [1.29, 1.82) is 0 Å². The van der Waals surface area contributed by atoms with Gasteiger partial charge in [-0.3, -0.25) is 0 Å². The third-order valence-electron chi connectivity index (χ3n) is 2.19. The van der Waals surface area contributed by atoms with Crippen molar-refractivity contribution in [3.8, 4) is 0 Å². The lowest BCUT2D eigenvalue weighted by molar-refractivity contribution is 0.0586. The van der Waals surface area contributed by atoms with Crippen LogP contribution in [0.25, 0.3) is 0 Å². The van der Waals surface area contributed by atoms with E-state index in [1.54, 1.807) is 4.68 Å². The van der Waals surface area contributed by atoms with Gasteiger partial charge in [0.05, 0.1) is 13.7 Å². The SMILES string of the molecule is COC(=O)c1ncn(Cc2ccccc2Br)n1. The van der Waals surface area contributed by atoms with E-state index in [-0.39, 0.29) is 5.82 Å². The topological polar surface area (TPSA) is 57.0 Å². The lowest BCUT2D eigenvalue weighted by atomic mass is 10.2. The van der Waals surface area contributed by atoms with Gasteiger partial charge >= 0.3 is 5.97 Å². The zero-order valence-corrected chi connectivity index (χ0v) is 10.7. The Balaban J connectivity index is 2.17. The number of methoxy groups -OCH3 is 1. The first-order valence-corrected chi connectivity index (χ1v) is 5.71. The van der Waals surface area contributed by atoms with E-state index < -0.39 is 5.97 Å². The van der Waals surface area contributed by atoms with E-state index in [0.29, 0.717) is 6.54 Å². The number of hydrogen-bond donors (Lipinski definition) is 0. The molecule has 0 saturated carbocycles. The van der Waals surface area contributed by atoms with Crippen LogP contribution < -0.4 is 0 Å². The maximum Gasteiger partial charge on any atom is 0.377 e. The second-order valence-electron chi connectivity index (χ2n) is 3.35. The highest BCUT2D eigenvalue weighted by molar-refractivity contribution is 9.10. The molecular weight excluding hydrogens is 286 g/mol. The first-order chi connectivity index (χ1) is 8.20. The Kier molecular flexibility index (Phi) is 3.53. The molecule has 88 valence electrons. The Morgan fingerprint density at radius 1 is 1.47 bits per heavy atom. The first kappa shape index (κ1) is 11.8. The van der Waals surface area contributed by atoms with Crippen LogP contribution >= 0.6 is 15.9 Å². The van der Waals surface area contributed by atoms with E-state index in [1.807, 2.05) is 24.3 Å². The van der Waals surface area contributed by atoms with Crippen LogP contribution in [0.2, 0.25) is 0 Å². The Hall–Kier alpha value is -1.69. The number of benzene rings is 1.